The molecule has 0 saturated heterocycles. The third-order valence-corrected chi connectivity index (χ3v) is 6.06. The molecule has 0 aromatic carbocycles. The summed E-state index contributed by atoms with van der Waals surface area (Å²) in [6.45, 7) is 8.17. The van der Waals surface area contributed by atoms with Gasteiger partial charge < -0.3 is 10.1 Å². The topological polar surface area (TPSA) is 21.3 Å². The Morgan fingerprint density at radius 1 is 1.00 bits per heavy atom. The average Bonchev–Trinajstić information content (AvgIpc) is 2.23. The van der Waals surface area contributed by atoms with Gasteiger partial charge in [0.2, 0.25) is 0 Å². The first-order valence-corrected chi connectivity index (χ1v) is 8.16. The van der Waals surface area contributed by atoms with Crippen LogP contribution >= 0.6 is 0 Å². The van der Waals surface area contributed by atoms with E-state index in [1.54, 1.807) is 7.11 Å². The third-order valence-electron chi connectivity index (χ3n) is 6.06. The number of ether oxygens (including phenoxy) is 1. The summed E-state index contributed by atoms with van der Waals surface area (Å²) in [6.07, 6.45) is 10.4. The molecule has 0 spiro atoms. The van der Waals surface area contributed by atoms with Gasteiger partial charge in [0.25, 0.3) is 0 Å². The summed E-state index contributed by atoms with van der Waals surface area (Å²) in [5.41, 5.74) is 2.00. The lowest BCUT2D eigenvalue weighted by Crippen LogP contribution is -2.55. The van der Waals surface area contributed by atoms with Gasteiger partial charge in [-0.2, -0.15) is 0 Å². The molecule has 4 saturated carbocycles. The second-order valence-electron chi connectivity index (χ2n) is 8.62. The van der Waals surface area contributed by atoms with Crippen LogP contribution in [0, 0.1) is 22.2 Å². The highest BCUT2D eigenvalue weighted by Gasteiger charge is 2.59. The van der Waals surface area contributed by atoms with E-state index in [1.807, 2.05) is 0 Å². The van der Waals surface area contributed by atoms with Crippen LogP contribution in [0.25, 0.3) is 0 Å². The van der Waals surface area contributed by atoms with Crippen molar-refractivity contribution in [3.05, 3.63) is 0 Å². The fourth-order valence-electron chi connectivity index (χ4n) is 6.62. The number of hydrogen-bond acceptors (Lipinski definition) is 2. The van der Waals surface area contributed by atoms with Crippen LogP contribution in [0.1, 0.15) is 58.8 Å². The van der Waals surface area contributed by atoms with Crippen molar-refractivity contribution in [3.8, 4) is 0 Å². The highest BCUT2D eigenvalue weighted by molar-refractivity contribution is 5.10. The van der Waals surface area contributed by atoms with E-state index in [4.69, 9.17) is 4.74 Å². The molecular weight excluding hydrogens is 234 g/mol. The molecule has 4 aliphatic rings. The van der Waals surface area contributed by atoms with Gasteiger partial charge in [-0.25, -0.2) is 0 Å². The summed E-state index contributed by atoms with van der Waals surface area (Å²) in [5, 5.41) is 3.56. The molecule has 0 aromatic heterocycles. The summed E-state index contributed by atoms with van der Waals surface area (Å²) in [4.78, 5) is 0. The van der Waals surface area contributed by atoms with Gasteiger partial charge in [-0.05, 0) is 73.7 Å². The van der Waals surface area contributed by atoms with E-state index in [0.29, 0.717) is 16.2 Å². The quantitative estimate of drug-likeness (QED) is 0.741. The molecule has 4 rings (SSSR count). The Hall–Kier alpha value is -0.0800. The van der Waals surface area contributed by atoms with Crippen molar-refractivity contribution in [1.82, 2.24) is 5.32 Å². The largest absolute Gasteiger partial charge is 0.383 e. The van der Waals surface area contributed by atoms with Crippen LogP contribution < -0.4 is 5.32 Å². The lowest BCUT2D eigenvalue weighted by Gasteiger charge is -2.65. The summed E-state index contributed by atoms with van der Waals surface area (Å²) >= 11 is 0. The molecule has 0 amide bonds. The average molecular weight is 265 g/mol. The maximum Gasteiger partial charge on any atom is 0.0587 e. The Morgan fingerprint density at radius 2 is 1.68 bits per heavy atom. The Morgan fingerprint density at radius 3 is 2.26 bits per heavy atom. The van der Waals surface area contributed by atoms with Gasteiger partial charge in [0.05, 0.1) is 6.61 Å². The minimum absolute atomic E-state index is 0.667. The Labute approximate surface area is 118 Å². The van der Waals surface area contributed by atoms with Crippen LogP contribution in [0.2, 0.25) is 0 Å². The molecule has 19 heavy (non-hydrogen) atoms. The van der Waals surface area contributed by atoms with Gasteiger partial charge in [-0.15, -0.1) is 0 Å². The summed E-state index contributed by atoms with van der Waals surface area (Å²) in [6, 6.07) is 0. The van der Waals surface area contributed by atoms with E-state index in [-0.39, 0.29) is 0 Å². The smallest absolute Gasteiger partial charge is 0.0587 e. The minimum atomic E-state index is 0.667. The van der Waals surface area contributed by atoms with E-state index < -0.39 is 0 Å². The van der Waals surface area contributed by atoms with Gasteiger partial charge in [0.15, 0.2) is 0 Å². The first-order chi connectivity index (χ1) is 8.97. The zero-order valence-corrected chi connectivity index (χ0v) is 13.1. The Bertz CT molecular complexity index is 322. The zero-order valence-electron chi connectivity index (χ0n) is 13.1. The zero-order chi connectivity index (χ0) is 13.6. The van der Waals surface area contributed by atoms with Crippen LogP contribution in [0.5, 0.6) is 0 Å². The van der Waals surface area contributed by atoms with E-state index in [9.17, 15) is 0 Å². The van der Waals surface area contributed by atoms with Crippen molar-refractivity contribution in [3.63, 3.8) is 0 Å². The molecule has 4 fully saturated rings. The monoisotopic (exact) mass is 265 g/mol. The van der Waals surface area contributed by atoms with Gasteiger partial charge in [-0.3, -0.25) is 0 Å². The maximum atomic E-state index is 5.11. The molecule has 0 heterocycles. The first-order valence-electron chi connectivity index (χ1n) is 8.16. The van der Waals surface area contributed by atoms with E-state index in [2.05, 4.69) is 19.2 Å². The molecule has 4 bridgehead atoms. The summed E-state index contributed by atoms with van der Waals surface area (Å²) in [5.74, 6) is 1.03. The van der Waals surface area contributed by atoms with Crippen molar-refractivity contribution in [1.29, 1.82) is 0 Å². The number of hydrogen-bond donors (Lipinski definition) is 1. The van der Waals surface area contributed by atoms with Crippen LogP contribution in [-0.4, -0.2) is 26.8 Å². The van der Waals surface area contributed by atoms with Crippen molar-refractivity contribution in [2.75, 3.05) is 26.8 Å². The fourth-order valence-corrected chi connectivity index (χ4v) is 6.62. The molecule has 0 radical (unpaired) electrons. The van der Waals surface area contributed by atoms with Gasteiger partial charge in [0.1, 0.15) is 0 Å². The predicted molar refractivity (Wildman–Crippen MR) is 79.2 cm³/mol. The molecule has 0 aromatic rings. The first kappa shape index (κ1) is 13.9. The van der Waals surface area contributed by atoms with E-state index >= 15 is 0 Å². The SMILES string of the molecule is COCCNCCC12CC3CC(C)(CC(C)(C3)C1)C2. The second-order valence-corrected chi connectivity index (χ2v) is 8.62. The third kappa shape index (κ3) is 2.71. The van der Waals surface area contributed by atoms with Gasteiger partial charge in [-0.1, -0.05) is 13.8 Å². The molecule has 1 N–H and O–H groups in total. The minimum Gasteiger partial charge on any atom is -0.383 e. The Kier molecular flexibility index (Phi) is 3.46. The number of nitrogens with one attached hydrogen (secondary N) is 1. The maximum absolute atomic E-state index is 5.11. The summed E-state index contributed by atoms with van der Waals surface area (Å²) < 4.78 is 5.11. The molecule has 2 atom stereocenters. The second kappa shape index (κ2) is 4.73. The molecular formula is C17H31NO. The van der Waals surface area contributed by atoms with Crippen LogP contribution in [0.4, 0.5) is 0 Å². The van der Waals surface area contributed by atoms with Gasteiger partial charge >= 0.3 is 0 Å². The normalized spacial score (nSPS) is 47.8. The highest BCUT2D eigenvalue weighted by atomic mass is 16.5. The Balaban J connectivity index is 1.61. The standard InChI is InChI=1S/C17H31NO/c1-15-8-14-9-16(2,11-15)13-17(10-14,12-15)4-5-18-6-7-19-3/h14,18H,4-13H2,1-3H3. The molecule has 4 aliphatic carbocycles. The molecule has 0 aliphatic heterocycles. The molecule has 110 valence electrons. The molecule has 2 heteroatoms. The summed E-state index contributed by atoms with van der Waals surface area (Å²) in [7, 11) is 1.78. The number of rotatable bonds is 6. The van der Waals surface area contributed by atoms with Crippen molar-refractivity contribution in [2.24, 2.45) is 22.2 Å². The van der Waals surface area contributed by atoms with E-state index in [1.165, 1.54) is 51.5 Å². The highest BCUT2D eigenvalue weighted by Crippen LogP contribution is 2.70. The molecule has 2 unspecified atom stereocenters. The van der Waals surface area contributed by atoms with Crippen LogP contribution in [-0.2, 0) is 4.74 Å². The fraction of sp³-hybridized carbons (Fsp3) is 1.00. The van der Waals surface area contributed by atoms with Crippen molar-refractivity contribution in [2.45, 2.75) is 58.8 Å². The van der Waals surface area contributed by atoms with Gasteiger partial charge in [0, 0.05) is 13.7 Å². The van der Waals surface area contributed by atoms with Crippen LogP contribution in [0.3, 0.4) is 0 Å². The van der Waals surface area contributed by atoms with Crippen molar-refractivity contribution >= 4 is 0 Å². The number of methoxy groups -OCH3 is 1. The predicted octanol–water partition coefficient (Wildman–Crippen LogP) is 3.61. The molecule has 2 nitrogen and oxygen atoms in total. The van der Waals surface area contributed by atoms with Crippen molar-refractivity contribution < 1.29 is 4.74 Å². The lowest BCUT2D eigenvalue weighted by molar-refractivity contribution is -0.147. The van der Waals surface area contributed by atoms with Crippen LogP contribution in [0.15, 0.2) is 0 Å². The van der Waals surface area contributed by atoms with E-state index in [0.717, 1.165) is 19.1 Å². The lowest BCUT2D eigenvalue weighted by atomic mass is 9.40.